The molecule has 0 aromatic carbocycles. The van der Waals surface area contributed by atoms with Crippen LogP contribution < -0.4 is 14.0 Å². The van der Waals surface area contributed by atoms with Gasteiger partial charge in [-0.3, -0.25) is 9.69 Å². The molecule has 4 aliphatic rings. The van der Waals surface area contributed by atoms with Gasteiger partial charge in [0.15, 0.2) is 0 Å². The van der Waals surface area contributed by atoms with E-state index in [4.69, 9.17) is 18.6 Å². The Labute approximate surface area is 139 Å². The second kappa shape index (κ2) is 6.24. The van der Waals surface area contributed by atoms with Gasteiger partial charge in [-0.1, -0.05) is 6.92 Å². The molecule has 6 nitrogen and oxygen atoms in total. The molecule has 1 unspecified atom stereocenters. The Morgan fingerprint density at radius 3 is 2.48 bits per heavy atom. The Kier molecular flexibility index (Phi) is 4.77. The Hall–Kier alpha value is -0.240. The van der Waals surface area contributed by atoms with Crippen molar-refractivity contribution in [1.82, 2.24) is 4.90 Å². The fraction of sp³-hybridized carbons (Fsp3) is 0.938. The topological polar surface area (TPSA) is 110 Å². The number of piperidine rings is 2. The van der Waals surface area contributed by atoms with Gasteiger partial charge in [-0.15, -0.1) is 0 Å². The molecule has 4 rings (SSSR count). The standard InChI is InChI=1S/C16H25NO.ClHO4/c1-11-8-12-9-15(18)14-5-3-7-17-6-2-4-13(12)16(14,17)10-11;2-1(3,4)5/h11-14H,2-10H2,1H3;(H,2,3,4,5)/t11-,12+,13?,14-,16-;/m1./s1. The molecule has 2 aliphatic heterocycles. The van der Waals surface area contributed by atoms with Crippen LogP contribution in [0.1, 0.15) is 51.9 Å². The Morgan fingerprint density at radius 1 is 1.22 bits per heavy atom. The predicted octanol–water partition coefficient (Wildman–Crippen LogP) is -1.26. The quantitative estimate of drug-likeness (QED) is 0.586. The first-order valence-electron chi connectivity index (χ1n) is 8.63. The number of hydrogen-bond donors (Lipinski definition) is 1. The molecule has 2 bridgehead atoms. The van der Waals surface area contributed by atoms with Gasteiger partial charge in [0.1, 0.15) is 5.78 Å². The van der Waals surface area contributed by atoms with Gasteiger partial charge in [-0.05, 0) is 69.4 Å². The van der Waals surface area contributed by atoms with Gasteiger partial charge in [0.25, 0.3) is 0 Å². The highest BCUT2D eigenvalue weighted by Gasteiger charge is 2.62. The highest BCUT2D eigenvalue weighted by atomic mass is 35.7. The summed E-state index contributed by atoms with van der Waals surface area (Å²) >= 11 is 0. The summed E-state index contributed by atoms with van der Waals surface area (Å²) in [7, 11) is -4.69. The van der Waals surface area contributed by atoms with Gasteiger partial charge in [0, 0.05) is 17.9 Å². The van der Waals surface area contributed by atoms with Gasteiger partial charge >= 0.3 is 0 Å². The Balaban J connectivity index is 0.000000276. The number of nitrogens with zero attached hydrogens (tertiary/aromatic N) is 1. The SMILES string of the molecule is C[C@@H]1C[C@H]2CC(=O)[C@H]3CCCN4CCCC2[C@]34C1.[O-][Cl+3]([O-])([O-])O. The molecule has 0 amide bonds. The first kappa shape index (κ1) is 17.6. The molecule has 2 heterocycles. The molecular formula is C16H26ClNO5. The minimum Gasteiger partial charge on any atom is -0.299 e. The van der Waals surface area contributed by atoms with E-state index in [0.29, 0.717) is 17.2 Å². The van der Waals surface area contributed by atoms with E-state index in [1.165, 1.54) is 51.6 Å². The van der Waals surface area contributed by atoms with Crippen LogP contribution in [0.15, 0.2) is 0 Å². The van der Waals surface area contributed by atoms with E-state index in [1.54, 1.807) is 0 Å². The zero-order valence-electron chi connectivity index (χ0n) is 13.6. The number of carbonyl (C=O) groups excluding carboxylic acids is 1. The van der Waals surface area contributed by atoms with Crippen LogP contribution in [0.25, 0.3) is 0 Å². The van der Waals surface area contributed by atoms with Gasteiger partial charge < -0.3 is 0 Å². The van der Waals surface area contributed by atoms with Gasteiger partial charge in [-0.25, -0.2) is 0 Å². The van der Waals surface area contributed by atoms with E-state index in [1.807, 2.05) is 0 Å². The lowest BCUT2D eigenvalue weighted by Gasteiger charge is -2.65. The molecule has 132 valence electrons. The zero-order chi connectivity index (χ0) is 16.8. The zero-order valence-corrected chi connectivity index (χ0v) is 14.3. The van der Waals surface area contributed by atoms with Crippen LogP contribution >= 0.6 is 0 Å². The van der Waals surface area contributed by atoms with Gasteiger partial charge in [0.2, 0.25) is 0 Å². The molecule has 0 radical (unpaired) electrons. The van der Waals surface area contributed by atoms with E-state index < -0.39 is 10.2 Å². The highest BCUT2D eigenvalue weighted by molar-refractivity contribution is 5.84. The molecule has 0 aromatic heterocycles. The number of halogens is 1. The average molecular weight is 348 g/mol. The van der Waals surface area contributed by atoms with Crippen LogP contribution in [-0.2, 0) is 4.79 Å². The van der Waals surface area contributed by atoms with Crippen molar-refractivity contribution in [2.75, 3.05) is 13.1 Å². The summed E-state index contributed by atoms with van der Waals surface area (Å²) in [5, 5.41) is 0. The third-order valence-electron chi connectivity index (χ3n) is 6.50. The minimum atomic E-state index is -4.69. The smallest absolute Gasteiger partial charge is 0.138 e. The first-order chi connectivity index (χ1) is 10.7. The van der Waals surface area contributed by atoms with E-state index in [2.05, 4.69) is 11.8 Å². The van der Waals surface area contributed by atoms with Crippen molar-refractivity contribution in [1.29, 1.82) is 0 Å². The van der Waals surface area contributed by atoms with Gasteiger partial charge in [-0.2, -0.15) is 14.0 Å². The molecule has 1 spiro atoms. The van der Waals surface area contributed by atoms with Crippen LogP contribution in [0, 0.1) is 33.9 Å². The predicted molar refractivity (Wildman–Crippen MR) is 73.5 cm³/mol. The van der Waals surface area contributed by atoms with E-state index in [-0.39, 0.29) is 0 Å². The largest absolute Gasteiger partial charge is 0.299 e. The molecule has 2 aliphatic carbocycles. The Morgan fingerprint density at radius 2 is 1.83 bits per heavy atom. The third kappa shape index (κ3) is 3.30. The fourth-order valence-corrected chi connectivity index (χ4v) is 6.18. The second-order valence-electron chi connectivity index (χ2n) is 7.79. The van der Waals surface area contributed by atoms with E-state index in [0.717, 1.165) is 24.2 Å². The molecule has 0 aromatic rings. The molecule has 1 N–H and O–H groups in total. The number of hydrogen-bond acceptors (Lipinski definition) is 6. The maximum Gasteiger partial charge on any atom is 0.138 e. The lowest BCUT2D eigenvalue weighted by atomic mass is 9.48. The molecule has 2 saturated carbocycles. The van der Waals surface area contributed by atoms with E-state index >= 15 is 0 Å². The summed E-state index contributed by atoms with van der Waals surface area (Å²) < 4.78 is 32.7. The number of Topliss-reactive ketones (excluding diaryl/α,β-unsaturated/α-hetero) is 1. The van der Waals surface area contributed by atoms with Crippen molar-refractivity contribution in [3.63, 3.8) is 0 Å². The van der Waals surface area contributed by atoms with Crippen molar-refractivity contribution in [2.45, 2.75) is 57.4 Å². The average Bonchev–Trinajstić information content (AvgIpc) is 2.41. The summed E-state index contributed by atoms with van der Waals surface area (Å²) in [4.78, 5) is 15.3. The summed E-state index contributed by atoms with van der Waals surface area (Å²) in [6, 6.07) is 0. The summed E-state index contributed by atoms with van der Waals surface area (Å²) in [6.45, 7) is 4.95. The minimum absolute atomic E-state index is 0.314. The Bertz CT molecular complexity index is 460. The maximum absolute atomic E-state index is 12.5. The first-order valence-corrected chi connectivity index (χ1v) is 9.89. The van der Waals surface area contributed by atoms with Crippen molar-refractivity contribution < 1.29 is 33.7 Å². The summed E-state index contributed by atoms with van der Waals surface area (Å²) in [5.41, 5.74) is 0.314. The monoisotopic (exact) mass is 347 g/mol. The normalized spacial score (nSPS) is 43.3. The molecule has 2 saturated heterocycles. The van der Waals surface area contributed by atoms with Crippen LogP contribution in [0.3, 0.4) is 0 Å². The molecule has 23 heavy (non-hydrogen) atoms. The van der Waals surface area contributed by atoms with Crippen molar-refractivity contribution in [3.8, 4) is 0 Å². The number of carbonyl (C=O) groups is 1. The maximum atomic E-state index is 12.5. The lowest BCUT2D eigenvalue weighted by Crippen LogP contribution is -2.71. The molecule has 5 atom stereocenters. The molecule has 4 fully saturated rings. The number of rotatable bonds is 0. The fourth-order valence-electron chi connectivity index (χ4n) is 6.18. The van der Waals surface area contributed by atoms with E-state index in [9.17, 15) is 4.79 Å². The van der Waals surface area contributed by atoms with Crippen molar-refractivity contribution in [3.05, 3.63) is 0 Å². The van der Waals surface area contributed by atoms with Crippen LogP contribution in [-0.4, -0.2) is 34.0 Å². The van der Waals surface area contributed by atoms with Crippen molar-refractivity contribution in [2.24, 2.45) is 23.7 Å². The van der Waals surface area contributed by atoms with Crippen molar-refractivity contribution >= 4 is 5.78 Å². The van der Waals surface area contributed by atoms with Crippen LogP contribution in [0.4, 0.5) is 0 Å². The summed E-state index contributed by atoms with van der Waals surface area (Å²) in [5.74, 6) is 3.43. The van der Waals surface area contributed by atoms with Crippen LogP contribution in [0.5, 0.6) is 0 Å². The molecular weight excluding hydrogens is 322 g/mol. The third-order valence-corrected chi connectivity index (χ3v) is 6.50. The highest BCUT2D eigenvalue weighted by Crippen LogP contribution is 2.59. The lowest BCUT2D eigenvalue weighted by molar-refractivity contribution is -1.92. The second-order valence-corrected chi connectivity index (χ2v) is 8.59. The number of ketones is 1. The van der Waals surface area contributed by atoms with Crippen LogP contribution in [0.2, 0.25) is 0 Å². The molecule has 7 heteroatoms. The summed E-state index contributed by atoms with van der Waals surface area (Å²) in [6.07, 6.45) is 8.75. The van der Waals surface area contributed by atoms with Gasteiger partial charge in [0.05, 0.1) is 14.9 Å².